The number of H-pyrrole nitrogens is 1. The van der Waals surface area contributed by atoms with Gasteiger partial charge in [0, 0.05) is 29.7 Å². The number of tetrazole rings is 1. The summed E-state index contributed by atoms with van der Waals surface area (Å²) in [4.78, 5) is 4.76. The SMILES string of the molecule is FCC(F)(F)c1cccc(COC2=CC=CC(c3cnc4c(-c5nn[nH]n5)cnn4c3C3CCCCC3)=CC2)c1. The summed E-state index contributed by atoms with van der Waals surface area (Å²) in [7, 11) is 0. The van der Waals surface area contributed by atoms with Crippen LogP contribution in [0.1, 0.15) is 66.8 Å². The number of aromatic nitrogens is 7. The van der Waals surface area contributed by atoms with Crippen LogP contribution in [-0.2, 0) is 17.3 Å². The number of allylic oxidation sites excluding steroid dienone is 5. The highest BCUT2D eigenvalue weighted by atomic mass is 19.3. The third-order valence-corrected chi connectivity index (χ3v) is 7.48. The fourth-order valence-corrected chi connectivity index (χ4v) is 5.43. The van der Waals surface area contributed by atoms with Crippen molar-refractivity contribution in [2.45, 2.75) is 57.0 Å². The van der Waals surface area contributed by atoms with Crippen molar-refractivity contribution >= 4 is 11.2 Å². The molecule has 4 aromatic rings. The molecular formula is C29H28F3N7O. The van der Waals surface area contributed by atoms with Gasteiger partial charge < -0.3 is 4.74 Å². The number of ether oxygens (including phenoxy) is 1. The van der Waals surface area contributed by atoms with E-state index in [4.69, 9.17) is 14.8 Å². The molecule has 3 aromatic heterocycles. The van der Waals surface area contributed by atoms with Gasteiger partial charge in [0.1, 0.15) is 12.4 Å². The van der Waals surface area contributed by atoms with E-state index in [0.29, 0.717) is 40.7 Å². The largest absolute Gasteiger partial charge is 0.493 e. The molecule has 0 atom stereocenters. The van der Waals surface area contributed by atoms with Gasteiger partial charge in [-0.1, -0.05) is 55.7 Å². The zero-order chi connectivity index (χ0) is 27.5. The zero-order valence-electron chi connectivity index (χ0n) is 21.7. The van der Waals surface area contributed by atoms with E-state index in [-0.39, 0.29) is 12.2 Å². The van der Waals surface area contributed by atoms with Gasteiger partial charge in [0.05, 0.1) is 17.5 Å². The Balaban J connectivity index is 1.26. The molecule has 1 saturated carbocycles. The molecule has 0 radical (unpaired) electrons. The number of nitrogens with one attached hydrogen (secondary N) is 1. The second-order valence-electron chi connectivity index (χ2n) is 10.1. The zero-order valence-corrected chi connectivity index (χ0v) is 21.7. The first-order valence-corrected chi connectivity index (χ1v) is 13.4. The Bertz CT molecular complexity index is 1580. The van der Waals surface area contributed by atoms with Gasteiger partial charge in [0.25, 0.3) is 0 Å². The van der Waals surface area contributed by atoms with Crippen LogP contribution >= 0.6 is 0 Å². The third kappa shape index (κ3) is 5.15. The van der Waals surface area contributed by atoms with Crippen LogP contribution < -0.4 is 0 Å². The summed E-state index contributed by atoms with van der Waals surface area (Å²) in [5.74, 6) is -2.03. The Hall–Kier alpha value is -4.28. The van der Waals surface area contributed by atoms with Crippen molar-refractivity contribution in [1.82, 2.24) is 35.2 Å². The molecule has 0 aliphatic heterocycles. The van der Waals surface area contributed by atoms with Crippen LogP contribution in [0.15, 0.2) is 66.7 Å². The first-order valence-electron chi connectivity index (χ1n) is 13.4. The molecule has 0 saturated heterocycles. The van der Waals surface area contributed by atoms with Gasteiger partial charge >= 0.3 is 5.92 Å². The van der Waals surface area contributed by atoms with Gasteiger partial charge in [-0.25, -0.2) is 13.9 Å². The van der Waals surface area contributed by atoms with E-state index in [2.05, 4.69) is 26.7 Å². The van der Waals surface area contributed by atoms with Gasteiger partial charge in [-0.15, -0.1) is 10.2 Å². The summed E-state index contributed by atoms with van der Waals surface area (Å²) in [6, 6.07) is 5.70. The predicted octanol–water partition coefficient (Wildman–Crippen LogP) is 6.46. The van der Waals surface area contributed by atoms with E-state index in [0.717, 1.165) is 29.7 Å². The van der Waals surface area contributed by atoms with Gasteiger partial charge in [-0.05, 0) is 41.3 Å². The predicted molar refractivity (Wildman–Crippen MR) is 143 cm³/mol. The molecule has 0 unspecified atom stereocenters. The molecule has 6 rings (SSSR count). The summed E-state index contributed by atoms with van der Waals surface area (Å²) in [5, 5.41) is 19.1. The molecule has 2 aliphatic rings. The van der Waals surface area contributed by atoms with Crippen LogP contribution in [0, 0.1) is 0 Å². The van der Waals surface area contributed by atoms with Gasteiger partial charge in [-0.2, -0.15) is 19.1 Å². The van der Waals surface area contributed by atoms with Crippen LogP contribution in [0.3, 0.4) is 0 Å². The Labute approximate surface area is 228 Å². The average molecular weight is 548 g/mol. The summed E-state index contributed by atoms with van der Waals surface area (Å²) in [6.07, 6.45) is 17.8. The molecule has 1 N–H and O–H groups in total. The molecule has 11 heteroatoms. The quantitative estimate of drug-likeness (QED) is 0.272. The van der Waals surface area contributed by atoms with Crippen LogP contribution in [0.25, 0.3) is 22.6 Å². The monoisotopic (exact) mass is 547 g/mol. The standard InChI is InChI=1S/C29H28F3N7O/c30-18-29(31,32)22-10-4-6-19(14-22)17-40-23-11-5-9-20(12-13-23)24-15-33-28-25(27-35-37-38-36-27)16-34-39(28)26(24)21-7-2-1-3-8-21/h4-6,9-12,14-16,21H,1-3,7-8,13,17-18H2,(H,35,36,37,38). The summed E-state index contributed by atoms with van der Waals surface area (Å²) in [6.45, 7) is -1.63. The van der Waals surface area contributed by atoms with E-state index >= 15 is 0 Å². The fraction of sp³-hybridized carbons (Fsp3) is 0.345. The Morgan fingerprint density at radius 1 is 1.10 bits per heavy atom. The van der Waals surface area contributed by atoms with Crippen LogP contribution in [0.4, 0.5) is 13.2 Å². The van der Waals surface area contributed by atoms with Crippen LogP contribution in [-0.4, -0.2) is 41.9 Å². The maximum absolute atomic E-state index is 13.8. The number of alkyl halides is 3. The van der Waals surface area contributed by atoms with Gasteiger partial charge in [0.2, 0.25) is 5.82 Å². The van der Waals surface area contributed by atoms with Gasteiger partial charge in [0.15, 0.2) is 12.3 Å². The molecule has 0 bridgehead atoms. The molecule has 40 heavy (non-hydrogen) atoms. The van der Waals surface area contributed by atoms with Crippen LogP contribution in [0.5, 0.6) is 0 Å². The van der Waals surface area contributed by atoms with E-state index in [1.807, 2.05) is 28.9 Å². The number of halogens is 3. The Morgan fingerprint density at radius 3 is 2.77 bits per heavy atom. The van der Waals surface area contributed by atoms with Crippen molar-refractivity contribution in [3.05, 3.63) is 89.1 Å². The first kappa shape index (κ1) is 26.0. The number of nitrogens with zero attached hydrogens (tertiary/aromatic N) is 6. The fourth-order valence-electron chi connectivity index (χ4n) is 5.43. The highest BCUT2D eigenvalue weighted by molar-refractivity contribution is 5.79. The average Bonchev–Trinajstić information content (AvgIpc) is 3.61. The lowest BCUT2D eigenvalue weighted by Gasteiger charge is -2.25. The van der Waals surface area contributed by atoms with E-state index in [1.54, 1.807) is 12.3 Å². The molecule has 206 valence electrons. The summed E-state index contributed by atoms with van der Waals surface area (Å²) in [5.41, 5.74) is 4.73. The lowest BCUT2D eigenvalue weighted by molar-refractivity contribution is -0.0282. The molecule has 1 fully saturated rings. The van der Waals surface area contributed by atoms with E-state index in [1.165, 1.54) is 37.5 Å². The van der Waals surface area contributed by atoms with Crippen molar-refractivity contribution in [3.8, 4) is 11.4 Å². The minimum atomic E-state index is -3.51. The van der Waals surface area contributed by atoms with Crippen molar-refractivity contribution in [2.75, 3.05) is 6.67 Å². The normalized spacial score (nSPS) is 16.6. The van der Waals surface area contributed by atoms with E-state index < -0.39 is 12.6 Å². The maximum atomic E-state index is 13.8. The molecule has 8 nitrogen and oxygen atoms in total. The van der Waals surface area contributed by atoms with Crippen LogP contribution in [0.2, 0.25) is 0 Å². The summed E-state index contributed by atoms with van der Waals surface area (Å²) < 4.78 is 48.2. The van der Waals surface area contributed by atoms with E-state index in [9.17, 15) is 13.2 Å². The minimum Gasteiger partial charge on any atom is -0.493 e. The second-order valence-corrected chi connectivity index (χ2v) is 10.1. The highest BCUT2D eigenvalue weighted by Crippen LogP contribution is 2.38. The molecule has 3 heterocycles. The van der Waals surface area contributed by atoms with Crippen molar-refractivity contribution in [1.29, 1.82) is 0 Å². The molecule has 2 aliphatic carbocycles. The molecule has 0 amide bonds. The Kier molecular flexibility index (Phi) is 7.19. The third-order valence-electron chi connectivity index (χ3n) is 7.48. The minimum absolute atomic E-state index is 0.103. The number of fused-ring (bicyclic) bond motifs is 1. The molecular weight excluding hydrogens is 519 g/mol. The smallest absolute Gasteiger partial charge is 0.301 e. The Morgan fingerprint density at radius 2 is 1.98 bits per heavy atom. The van der Waals surface area contributed by atoms with Gasteiger partial charge in [-0.3, -0.25) is 0 Å². The van der Waals surface area contributed by atoms with Crippen molar-refractivity contribution in [2.24, 2.45) is 0 Å². The molecule has 1 aromatic carbocycles. The highest BCUT2D eigenvalue weighted by Gasteiger charge is 2.31. The number of rotatable bonds is 8. The second kappa shape index (κ2) is 11.1. The number of benzene rings is 1. The number of hydrogen-bond donors (Lipinski definition) is 1. The lowest BCUT2D eigenvalue weighted by Crippen LogP contribution is -2.16. The topological polar surface area (TPSA) is 93.9 Å². The lowest BCUT2D eigenvalue weighted by atomic mass is 9.84. The van der Waals surface area contributed by atoms with Crippen molar-refractivity contribution < 1.29 is 17.9 Å². The summed E-state index contributed by atoms with van der Waals surface area (Å²) >= 11 is 0. The molecule has 0 spiro atoms. The first-order chi connectivity index (χ1) is 19.5. The van der Waals surface area contributed by atoms with Crippen molar-refractivity contribution in [3.63, 3.8) is 0 Å². The number of aromatic amines is 1. The maximum Gasteiger partial charge on any atom is 0.301 e. The number of hydrogen-bond acceptors (Lipinski definition) is 6.